The number of aromatic nitrogens is 2. The van der Waals surface area contributed by atoms with Gasteiger partial charge in [0, 0.05) is 25.2 Å². The highest BCUT2D eigenvalue weighted by molar-refractivity contribution is 5.39. The third kappa shape index (κ3) is 3.19. The van der Waals surface area contributed by atoms with Crippen LogP contribution < -0.4 is 10.2 Å². The molecule has 1 aromatic rings. The maximum atomic E-state index is 4.33. The van der Waals surface area contributed by atoms with E-state index in [1.165, 1.54) is 12.8 Å². The maximum absolute atomic E-state index is 4.33. The Kier molecular flexibility index (Phi) is 3.85. The standard InChI is InChI=1S/C14H24N4/c1-5-14(2,3)18(4)13-9-8-12(16-17-13)10-15-11-6-7-11/h8-9,11,15H,5-7,10H2,1-4H3. The topological polar surface area (TPSA) is 41.0 Å². The van der Waals surface area contributed by atoms with Crippen molar-refractivity contribution < 1.29 is 0 Å². The molecule has 0 bridgehead atoms. The van der Waals surface area contributed by atoms with Crippen LogP contribution in [-0.4, -0.2) is 28.8 Å². The molecule has 1 heterocycles. The zero-order valence-corrected chi connectivity index (χ0v) is 11.9. The van der Waals surface area contributed by atoms with Gasteiger partial charge in [0.2, 0.25) is 0 Å². The molecule has 0 atom stereocenters. The highest BCUT2D eigenvalue weighted by Gasteiger charge is 2.23. The second kappa shape index (κ2) is 5.22. The van der Waals surface area contributed by atoms with Crippen molar-refractivity contribution in [3.63, 3.8) is 0 Å². The van der Waals surface area contributed by atoms with Crippen LogP contribution in [0.15, 0.2) is 12.1 Å². The van der Waals surface area contributed by atoms with Gasteiger partial charge >= 0.3 is 0 Å². The van der Waals surface area contributed by atoms with E-state index in [0.29, 0.717) is 6.04 Å². The predicted octanol–water partition coefficient (Wildman–Crippen LogP) is 2.35. The Hall–Kier alpha value is -1.16. The molecule has 1 aliphatic carbocycles. The first-order valence-corrected chi connectivity index (χ1v) is 6.83. The molecule has 18 heavy (non-hydrogen) atoms. The Labute approximate surface area is 110 Å². The van der Waals surface area contributed by atoms with Crippen LogP contribution >= 0.6 is 0 Å². The maximum Gasteiger partial charge on any atom is 0.151 e. The van der Waals surface area contributed by atoms with E-state index < -0.39 is 0 Å². The molecular formula is C14H24N4. The molecule has 0 unspecified atom stereocenters. The smallest absolute Gasteiger partial charge is 0.151 e. The Morgan fingerprint density at radius 3 is 2.56 bits per heavy atom. The summed E-state index contributed by atoms with van der Waals surface area (Å²) < 4.78 is 0. The van der Waals surface area contributed by atoms with Crippen molar-refractivity contribution >= 4 is 5.82 Å². The Morgan fingerprint density at radius 1 is 1.33 bits per heavy atom. The predicted molar refractivity (Wildman–Crippen MR) is 74.7 cm³/mol. The number of hydrogen-bond donors (Lipinski definition) is 1. The Balaban J connectivity index is 1.97. The normalized spacial score (nSPS) is 15.8. The zero-order valence-electron chi connectivity index (χ0n) is 11.9. The molecule has 0 aromatic carbocycles. The van der Waals surface area contributed by atoms with Crippen molar-refractivity contribution in [2.45, 2.75) is 58.2 Å². The van der Waals surface area contributed by atoms with E-state index in [1.807, 2.05) is 0 Å². The number of hydrogen-bond acceptors (Lipinski definition) is 4. The molecule has 4 nitrogen and oxygen atoms in total. The number of anilines is 1. The van der Waals surface area contributed by atoms with Crippen LogP contribution in [0.5, 0.6) is 0 Å². The van der Waals surface area contributed by atoms with Crippen LogP contribution in [0, 0.1) is 0 Å². The summed E-state index contributed by atoms with van der Waals surface area (Å²) in [5.74, 6) is 0.942. The van der Waals surface area contributed by atoms with E-state index in [1.54, 1.807) is 0 Å². The van der Waals surface area contributed by atoms with Gasteiger partial charge in [-0.1, -0.05) is 6.92 Å². The fourth-order valence-electron chi connectivity index (χ4n) is 1.71. The lowest BCUT2D eigenvalue weighted by molar-refractivity contribution is 0.465. The van der Waals surface area contributed by atoms with Crippen LogP contribution in [-0.2, 0) is 6.54 Å². The van der Waals surface area contributed by atoms with Crippen molar-refractivity contribution in [2.75, 3.05) is 11.9 Å². The summed E-state index contributed by atoms with van der Waals surface area (Å²) in [5, 5.41) is 12.1. The molecule has 1 fully saturated rings. The first-order valence-electron chi connectivity index (χ1n) is 6.83. The summed E-state index contributed by atoms with van der Waals surface area (Å²) in [6.07, 6.45) is 3.69. The van der Waals surface area contributed by atoms with Gasteiger partial charge in [0.15, 0.2) is 5.82 Å². The van der Waals surface area contributed by atoms with Gasteiger partial charge in [-0.3, -0.25) is 0 Å². The third-order valence-corrected chi connectivity index (χ3v) is 3.97. The third-order valence-electron chi connectivity index (χ3n) is 3.97. The number of nitrogens with zero attached hydrogens (tertiary/aromatic N) is 3. The average molecular weight is 248 g/mol. The van der Waals surface area contributed by atoms with Crippen LogP contribution in [0.4, 0.5) is 5.82 Å². The van der Waals surface area contributed by atoms with Crippen molar-refractivity contribution in [1.82, 2.24) is 15.5 Å². The first-order chi connectivity index (χ1) is 8.53. The van der Waals surface area contributed by atoms with Crippen molar-refractivity contribution in [3.8, 4) is 0 Å². The lowest BCUT2D eigenvalue weighted by atomic mass is 10.0. The van der Waals surface area contributed by atoms with Crippen LogP contribution in [0.3, 0.4) is 0 Å². The average Bonchev–Trinajstić information content (AvgIpc) is 3.20. The molecule has 1 saturated carbocycles. The van der Waals surface area contributed by atoms with E-state index in [0.717, 1.165) is 24.5 Å². The summed E-state index contributed by atoms with van der Waals surface area (Å²) >= 11 is 0. The Morgan fingerprint density at radius 2 is 2.06 bits per heavy atom. The zero-order chi connectivity index (χ0) is 13.2. The number of nitrogens with one attached hydrogen (secondary N) is 1. The van der Waals surface area contributed by atoms with E-state index in [-0.39, 0.29) is 5.54 Å². The monoisotopic (exact) mass is 248 g/mol. The van der Waals surface area contributed by atoms with E-state index in [2.05, 4.69) is 60.4 Å². The quantitative estimate of drug-likeness (QED) is 0.839. The van der Waals surface area contributed by atoms with Gasteiger partial charge in [-0.15, -0.1) is 5.10 Å². The molecule has 100 valence electrons. The molecule has 1 aliphatic rings. The first kappa shape index (κ1) is 13.3. The van der Waals surface area contributed by atoms with Gasteiger partial charge < -0.3 is 10.2 Å². The number of rotatable bonds is 6. The largest absolute Gasteiger partial charge is 0.353 e. The van der Waals surface area contributed by atoms with Gasteiger partial charge in [0.1, 0.15) is 0 Å². The van der Waals surface area contributed by atoms with E-state index in [4.69, 9.17) is 0 Å². The minimum Gasteiger partial charge on any atom is -0.353 e. The summed E-state index contributed by atoms with van der Waals surface area (Å²) in [6.45, 7) is 7.46. The fraction of sp³-hybridized carbons (Fsp3) is 0.714. The van der Waals surface area contributed by atoms with Crippen molar-refractivity contribution in [1.29, 1.82) is 0 Å². The van der Waals surface area contributed by atoms with Gasteiger partial charge in [-0.05, 0) is 45.2 Å². The fourth-order valence-corrected chi connectivity index (χ4v) is 1.71. The van der Waals surface area contributed by atoms with Crippen LogP contribution in [0.1, 0.15) is 45.7 Å². The molecular weight excluding hydrogens is 224 g/mol. The van der Waals surface area contributed by atoms with Gasteiger partial charge in [0.05, 0.1) is 5.69 Å². The van der Waals surface area contributed by atoms with Gasteiger partial charge in [-0.2, -0.15) is 5.10 Å². The van der Waals surface area contributed by atoms with E-state index >= 15 is 0 Å². The van der Waals surface area contributed by atoms with Gasteiger partial charge in [-0.25, -0.2) is 0 Å². The SMILES string of the molecule is CCC(C)(C)N(C)c1ccc(CNC2CC2)nn1. The molecule has 2 rings (SSSR count). The van der Waals surface area contributed by atoms with Crippen LogP contribution in [0.2, 0.25) is 0 Å². The van der Waals surface area contributed by atoms with Crippen LogP contribution in [0.25, 0.3) is 0 Å². The van der Waals surface area contributed by atoms with Crippen molar-refractivity contribution in [3.05, 3.63) is 17.8 Å². The summed E-state index contributed by atoms with van der Waals surface area (Å²) in [5.41, 5.74) is 1.14. The molecule has 0 saturated heterocycles. The highest BCUT2D eigenvalue weighted by Crippen LogP contribution is 2.22. The molecule has 0 aliphatic heterocycles. The lowest BCUT2D eigenvalue weighted by Gasteiger charge is -2.35. The molecule has 1 aromatic heterocycles. The lowest BCUT2D eigenvalue weighted by Crippen LogP contribution is -2.41. The highest BCUT2D eigenvalue weighted by atomic mass is 15.3. The molecule has 0 radical (unpaired) electrons. The van der Waals surface area contributed by atoms with Crippen molar-refractivity contribution in [2.24, 2.45) is 0 Å². The second-order valence-corrected chi connectivity index (χ2v) is 5.76. The summed E-state index contributed by atoms with van der Waals surface area (Å²) in [4.78, 5) is 2.19. The molecule has 0 amide bonds. The molecule has 4 heteroatoms. The second-order valence-electron chi connectivity index (χ2n) is 5.76. The Bertz CT molecular complexity index is 381. The molecule has 1 N–H and O–H groups in total. The van der Waals surface area contributed by atoms with E-state index in [9.17, 15) is 0 Å². The minimum absolute atomic E-state index is 0.114. The minimum atomic E-state index is 0.114. The summed E-state index contributed by atoms with van der Waals surface area (Å²) in [7, 11) is 2.08. The van der Waals surface area contributed by atoms with Gasteiger partial charge in [0.25, 0.3) is 0 Å². The molecule has 0 spiro atoms. The summed E-state index contributed by atoms with van der Waals surface area (Å²) in [6, 6.07) is 4.85.